The van der Waals surface area contributed by atoms with Crippen LogP contribution in [-0.4, -0.2) is 11.0 Å². The Hall–Kier alpha value is -1.13. The lowest BCUT2D eigenvalue weighted by Crippen LogP contribution is -2.24. The van der Waals surface area contributed by atoms with Crippen LogP contribution in [0, 0.1) is 0 Å². The summed E-state index contributed by atoms with van der Waals surface area (Å²) in [5.74, 6) is 0.872. The van der Waals surface area contributed by atoms with Crippen LogP contribution in [0.2, 0.25) is 0 Å². The van der Waals surface area contributed by atoms with E-state index in [4.69, 9.17) is 9.40 Å². The van der Waals surface area contributed by atoms with Gasteiger partial charge in [0.05, 0.1) is 12.0 Å². The monoisotopic (exact) mass is 278 g/mol. The van der Waals surface area contributed by atoms with Gasteiger partial charge in [-0.3, -0.25) is 0 Å². The lowest BCUT2D eigenvalue weighted by molar-refractivity contribution is 0.535. The summed E-state index contributed by atoms with van der Waals surface area (Å²) in [6.45, 7) is 7.51. The molecule has 4 heteroatoms. The van der Waals surface area contributed by atoms with Crippen LogP contribution in [0.3, 0.4) is 0 Å². The molecule has 1 unspecified atom stereocenters. The van der Waals surface area contributed by atoms with Gasteiger partial charge in [-0.1, -0.05) is 20.3 Å². The van der Waals surface area contributed by atoms with Crippen molar-refractivity contribution in [3.8, 4) is 10.8 Å². The highest BCUT2D eigenvalue weighted by molar-refractivity contribution is 7.15. The van der Waals surface area contributed by atoms with E-state index in [1.165, 1.54) is 10.6 Å². The summed E-state index contributed by atoms with van der Waals surface area (Å²) in [4.78, 5) is 6.07. The van der Waals surface area contributed by atoms with Crippen LogP contribution in [0.15, 0.2) is 22.8 Å². The second-order valence-corrected chi connectivity index (χ2v) is 5.89. The van der Waals surface area contributed by atoms with Gasteiger partial charge in [0.25, 0.3) is 0 Å². The van der Waals surface area contributed by atoms with Crippen LogP contribution in [0.1, 0.15) is 44.2 Å². The zero-order valence-corrected chi connectivity index (χ0v) is 12.7. The molecule has 0 bridgehead atoms. The van der Waals surface area contributed by atoms with Gasteiger partial charge in [0.15, 0.2) is 10.8 Å². The van der Waals surface area contributed by atoms with E-state index in [-0.39, 0.29) is 0 Å². The van der Waals surface area contributed by atoms with Crippen molar-refractivity contribution < 1.29 is 4.42 Å². The van der Waals surface area contributed by atoms with E-state index in [0.717, 1.165) is 36.6 Å². The van der Waals surface area contributed by atoms with Crippen molar-refractivity contribution in [2.75, 3.05) is 0 Å². The van der Waals surface area contributed by atoms with Gasteiger partial charge >= 0.3 is 0 Å². The molecule has 0 radical (unpaired) electrons. The zero-order chi connectivity index (χ0) is 13.7. The highest BCUT2D eigenvalue weighted by atomic mass is 32.1. The van der Waals surface area contributed by atoms with Crippen molar-refractivity contribution in [1.29, 1.82) is 0 Å². The molecule has 104 valence electrons. The number of aromatic nitrogens is 1. The van der Waals surface area contributed by atoms with E-state index in [1.54, 1.807) is 17.6 Å². The lowest BCUT2D eigenvalue weighted by Gasteiger charge is -2.10. The van der Waals surface area contributed by atoms with E-state index in [1.807, 2.05) is 12.1 Å². The van der Waals surface area contributed by atoms with E-state index < -0.39 is 0 Å². The summed E-state index contributed by atoms with van der Waals surface area (Å²) >= 11 is 1.74. The maximum absolute atomic E-state index is 5.44. The predicted octanol–water partition coefficient (Wildman–Crippen LogP) is 4.24. The minimum atomic E-state index is 0.545. The fourth-order valence-electron chi connectivity index (χ4n) is 1.87. The third-order valence-corrected chi connectivity index (χ3v) is 4.33. The number of aryl methyl sites for hydroxylation is 1. The number of hydrogen-bond acceptors (Lipinski definition) is 4. The normalized spacial score (nSPS) is 12.8. The molecular weight excluding hydrogens is 256 g/mol. The fraction of sp³-hybridized carbons (Fsp3) is 0.533. The third kappa shape index (κ3) is 3.67. The second kappa shape index (κ2) is 6.87. The van der Waals surface area contributed by atoms with Gasteiger partial charge < -0.3 is 9.73 Å². The molecule has 1 N–H and O–H groups in total. The Labute approximate surface area is 119 Å². The number of thiazole rings is 1. The van der Waals surface area contributed by atoms with E-state index in [2.05, 4.69) is 26.1 Å². The average molecular weight is 278 g/mol. The Balaban J connectivity index is 2.16. The van der Waals surface area contributed by atoms with Gasteiger partial charge in [0, 0.05) is 17.5 Å². The molecule has 2 rings (SSSR count). The smallest absolute Gasteiger partial charge is 0.162 e. The first-order valence-electron chi connectivity index (χ1n) is 7.00. The Bertz CT molecular complexity index is 490. The molecule has 2 aromatic heterocycles. The van der Waals surface area contributed by atoms with Crippen molar-refractivity contribution in [3.05, 3.63) is 29.0 Å². The molecule has 0 saturated carbocycles. The molecule has 3 nitrogen and oxygen atoms in total. The molecule has 0 amide bonds. The summed E-state index contributed by atoms with van der Waals surface area (Å²) in [6, 6.07) is 4.43. The maximum Gasteiger partial charge on any atom is 0.162 e. The quantitative estimate of drug-likeness (QED) is 0.823. The molecule has 19 heavy (non-hydrogen) atoms. The Morgan fingerprint density at radius 1 is 1.42 bits per heavy atom. The predicted molar refractivity (Wildman–Crippen MR) is 80.4 cm³/mol. The molecule has 0 fully saturated rings. The van der Waals surface area contributed by atoms with Crippen molar-refractivity contribution in [2.24, 2.45) is 0 Å². The first kappa shape index (κ1) is 14.3. The summed E-state index contributed by atoms with van der Waals surface area (Å²) in [5, 5.41) is 4.54. The van der Waals surface area contributed by atoms with Gasteiger partial charge in [0.1, 0.15) is 0 Å². The van der Waals surface area contributed by atoms with Crippen molar-refractivity contribution in [3.63, 3.8) is 0 Å². The minimum absolute atomic E-state index is 0.545. The molecular formula is C15H22N2OS. The van der Waals surface area contributed by atoms with Crippen molar-refractivity contribution in [1.82, 2.24) is 10.3 Å². The van der Waals surface area contributed by atoms with Gasteiger partial charge in [0.2, 0.25) is 0 Å². The molecule has 0 saturated heterocycles. The number of furan rings is 1. The highest BCUT2D eigenvalue weighted by Gasteiger charge is 2.14. The van der Waals surface area contributed by atoms with Crippen LogP contribution in [-0.2, 0) is 13.0 Å². The lowest BCUT2D eigenvalue weighted by atomic mass is 10.2. The second-order valence-electron chi connectivity index (χ2n) is 4.81. The standard InChI is InChI=1S/C15H22N2OS/c1-4-7-12-14(10-16-11(3)5-2)19-15(17-12)13-8-6-9-18-13/h6,8-9,11,16H,4-5,7,10H2,1-3H3. The van der Waals surface area contributed by atoms with Crippen LogP contribution >= 0.6 is 11.3 Å². The van der Waals surface area contributed by atoms with E-state index in [9.17, 15) is 0 Å². The molecule has 0 aliphatic carbocycles. The fourth-order valence-corrected chi connectivity index (χ4v) is 2.90. The minimum Gasteiger partial charge on any atom is -0.462 e. The maximum atomic E-state index is 5.44. The summed E-state index contributed by atoms with van der Waals surface area (Å²) in [6.07, 6.45) is 5.01. The van der Waals surface area contributed by atoms with Crippen molar-refractivity contribution >= 4 is 11.3 Å². The molecule has 0 aromatic carbocycles. The first-order chi connectivity index (χ1) is 9.24. The Morgan fingerprint density at radius 2 is 2.26 bits per heavy atom. The van der Waals surface area contributed by atoms with Gasteiger partial charge in [-0.15, -0.1) is 11.3 Å². The molecule has 0 aliphatic rings. The molecule has 0 spiro atoms. The summed E-state index contributed by atoms with van der Waals surface area (Å²) in [5.41, 5.74) is 1.22. The van der Waals surface area contributed by atoms with Crippen LogP contribution in [0.5, 0.6) is 0 Å². The molecule has 1 atom stereocenters. The molecule has 0 aliphatic heterocycles. The number of rotatable bonds is 7. The molecule has 2 heterocycles. The largest absolute Gasteiger partial charge is 0.462 e. The van der Waals surface area contributed by atoms with Gasteiger partial charge in [-0.05, 0) is 31.9 Å². The van der Waals surface area contributed by atoms with E-state index in [0.29, 0.717) is 6.04 Å². The van der Waals surface area contributed by atoms with Gasteiger partial charge in [-0.2, -0.15) is 0 Å². The average Bonchev–Trinajstić information content (AvgIpc) is 3.05. The Morgan fingerprint density at radius 3 is 2.89 bits per heavy atom. The van der Waals surface area contributed by atoms with Gasteiger partial charge in [-0.25, -0.2) is 4.98 Å². The number of nitrogens with one attached hydrogen (secondary N) is 1. The molecule has 2 aromatic rings. The van der Waals surface area contributed by atoms with Crippen molar-refractivity contribution in [2.45, 2.75) is 52.6 Å². The number of hydrogen-bond donors (Lipinski definition) is 1. The zero-order valence-electron chi connectivity index (χ0n) is 11.9. The van der Waals surface area contributed by atoms with E-state index >= 15 is 0 Å². The summed E-state index contributed by atoms with van der Waals surface area (Å²) in [7, 11) is 0. The Kier molecular flexibility index (Phi) is 5.16. The first-order valence-corrected chi connectivity index (χ1v) is 7.82. The van der Waals surface area contributed by atoms with Crippen LogP contribution in [0.25, 0.3) is 10.8 Å². The van der Waals surface area contributed by atoms with Crippen LogP contribution in [0.4, 0.5) is 0 Å². The summed E-state index contributed by atoms with van der Waals surface area (Å²) < 4.78 is 5.44. The van der Waals surface area contributed by atoms with Crippen LogP contribution < -0.4 is 5.32 Å². The SMILES string of the molecule is CCCc1nc(-c2ccco2)sc1CNC(C)CC. The highest BCUT2D eigenvalue weighted by Crippen LogP contribution is 2.29. The number of nitrogens with zero attached hydrogens (tertiary/aromatic N) is 1. The topological polar surface area (TPSA) is 38.1 Å². The third-order valence-electron chi connectivity index (χ3n) is 3.22.